The molecule has 0 aliphatic rings. The van der Waals surface area contributed by atoms with Gasteiger partial charge in [-0.1, -0.05) is 70.8 Å². The van der Waals surface area contributed by atoms with Gasteiger partial charge in [0.25, 0.3) is 0 Å². The maximum Gasteiger partial charge on any atom is 0.469 e. The van der Waals surface area contributed by atoms with Crippen LogP contribution in [0.1, 0.15) is 103 Å². The fraction of sp³-hybridized carbons (Fsp3) is 0.826. The number of phosphoric acid groups is 1. The second-order valence-electron chi connectivity index (χ2n) is 8.05. The summed E-state index contributed by atoms with van der Waals surface area (Å²) in [6.07, 6.45) is 14.6. The van der Waals surface area contributed by atoms with Gasteiger partial charge in [0.15, 0.2) is 6.10 Å². The van der Waals surface area contributed by atoms with Crippen LogP contribution >= 0.6 is 7.82 Å². The van der Waals surface area contributed by atoms with Gasteiger partial charge in [-0.3, -0.25) is 14.1 Å². The van der Waals surface area contributed by atoms with Gasteiger partial charge < -0.3 is 19.3 Å². The van der Waals surface area contributed by atoms with Crippen LogP contribution in [-0.2, 0) is 28.2 Å². The fourth-order valence-electron chi connectivity index (χ4n) is 3.11. The molecule has 0 heterocycles. The molecule has 32 heavy (non-hydrogen) atoms. The third-order valence-electron chi connectivity index (χ3n) is 4.93. The van der Waals surface area contributed by atoms with Crippen LogP contribution in [0.4, 0.5) is 0 Å². The number of phosphoric ester groups is 1. The van der Waals surface area contributed by atoms with Crippen LogP contribution in [0.15, 0.2) is 12.7 Å². The lowest BCUT2D eigenvalue weighted by Crippen LogP contribution is -2.29. The summed E-state index contributed by atoms with van der Waals surface area (Å²) in [5.41, 5.74) is 0. The first-order valence-electron chi connectivity index (χ1n) is 11.9. The molecule has 188 valence electrons. The minimum atomic E-state index is -4.72. The lowest BCUT2D eigenvalue weighted by molar-refractivity contribution is -0.161. The van der Waals surface area contributed by atoms with E-state index in [1.54, 1.807) is 0 Å². The van der Waals surface area contributed by atoms with Crippen LogP contribution in [0.5, 0.6) is 0 Å². The van der Waals surface area contributed by atoms with Crippen molar-refractivity contribution in [2.24, 2.45) is 0 Å². The first kappa shape index (κ1) is 30.8. The molecule has 1 atom stereocenters. The Morgan fingerprint density at radius 2 is 1.38 bits per heavy atom. The van der Waals surface area contributed by atoms with E-state index in [0.29, 0.717) is 6.42 Å². The second kappa shape index (κ2) is 20.4. The van der Waals surface area contributed by atoms with E-state index in [2.05, 4.69) is 18.0 Å². The molecular weight excluding hydrogens is 435 g/mol. The van der Waals surface area contributed by atoms with Crippen molar-refractivity contribution in [2.75, 3.05) is 13.2 Å². The van der Waals surface area contributed by atoms with Gasteiger partial charge >= 0.3 is 19.8 Å². The van der Waals surface area contributed by atoms with Gasteiger partial charge in [0, 0.05) is 12.8 Å². The highest BCUT2D eigenvalue weighted by Gasteiger charge is 2.22. The zero-order chi connectivity index (χ0) is 24.1. The molecule has 0 spiro atoms. The zero-order valence-corrected chi connectivity index (χ0v) is 20.6. The minimum Gasteiger partial charge on any atom is -0.462 e. The van der Waals surface area contributed by atoms with Gasteiger partial charge in [0.05, 0.1) is 6.61 Å². The average molecular weight is 479 g/mol. The molecule has 0 aliphatic heterocycles. The highest BCUT2D eigenvalue weighted by molar-refractivity contribution is 7.46. The molecule has 8 nitrogen and oxygen atoms in total. The van der Waals surface area contributed by atoms with Crippen molar-refractivity contribution in [1.82, 2.24) is 0 Å². The Morgan fingerprint density at radius 3 is 1.94 bits per heavy atom. The quantitative estimate of drug-likeness (QED) is 0.0892. The summed E-state index contributed by atoms with van der Waals surface area (Å²) in [7, 11) is -4.72. The van der Waals surface area contributed by atoms with Crippen LogP contribution in [-0.4, -0.2) is 41.0 Å². The molecule has 0 fully saturated rings. The van der Waals surface area contributed by atoms with Crippen molar-refractivity contribution in [3.05, 3.63) is 12.7 Å². The molecule has 0 saturated heterocycles. The number of rotatable bonds is 22. The Kier molecular flexibility index (Phi) is 19.6. The van der Waals surface area contributed by atoms with Gasteiger partial charge in [0.1, 0.15) is 6.61 Å². The molecule has 2 N–H and O–H groups in total. The van der Waals surface area contributed by atoms with Crippen LogP contribution in [0, 0.1) is 0 Å². The molecule has 0 amide bonds. The van der Waals surface area contributed by atoms with Gasteiger partial charge in [-0.25, -0.2) is 4.57 Å². The number of carbonyl (C=O) groups excluding carboxylic acids is 2. The highest BCUT2D eigenvalue weighted by atomic mass is 31.2. The van der Waals surface area contributed by atoms with Gasteiger partial charge in [0.2, 0.25) is 0 Å². The lowest BCUT2D eigenvalue weighted by atomic mass is 10.1. The maximum absolute atomic E-state index is 12.1. The van der Waals surface area contributed by atoms with Crippen molar-refractivity contribution in [3.8, 4) is 0 Å². The summed E-state index contributed by atoms with van der Waals surface area (Å²) in [5.74, 6) is -0.922. The summed E-state index contributed by atoms with van der Waals surface area (Å²) in [6.45, 7) is 5.02. The molecule has 0 radical (unpaired) electrons. The van der Waals surface area contributed by atoms with Gasteiger partial charge in [-0.15, -0.1) is 6.58 Å². The van der Waals surface area contributed by atoms with E-state index in [1.165, 1.54) is 19.3 Å². The average Bonchev–Trinajstić information content (AvgIpc) is 2.73. The van der Waals surface area contributed by atoms with Crippen molar-refractivity contribution in [1.29, 1.82) is 0 Å². The summed E-state index contributed by atoms with van der Waals surface area (Å²) in [5, 5.41) is 0. The molecule has 0 aliphatic carbocycles. The molecule has 0 saturated carbocycles. The monoisotopic (exact) mass is 478 g/mol. The smallest absolute Gasteiger partial charge is 0.462 e. The fourth-order valence-corrected chi connectivity index (χ4v) is 3.47. The predicted octanol–water partition coefficient (Wildman–Crippen LogP) is 5.61. The third kappa shape index (κ3) is 22.0. The van der Waals surface area contributed by atoms with Crippen LogP contribution in [0.25, 0.3) is 0 Å². The first-order chi connectivity index (χ1) is 15.3. The molecule has 0 aromatic rings. The van der Waals surface area contributed by atoms with Crippen LogP contribution < -0.4 is 0 Å². The van der Waals surface area contributed by atoms with Crippen molar-refractivity contribution in [2.45, 2.75) is 109 Å². The second-order valence-corrected chi connectivity index (χ2v) is 9.29. The third-order valence-corrected chi connectivity index (χ3v) is 5.42. The van der Waals surface area contributed by atoms with E-state index in [-0.39, 0.29) is 19.4 Å². The van der Waals surface area contributed by atoms with E-state index in [0.717, 1.165) is 57.8 Å². The standard InChI is InChI=1S/C23H43O8P/c1-3-5-7-9-11-13-15-17-22(24)29-19-21(20-30-32(26,27)28)31-23(25)18-16-14-12-10-8-6-4-2/h4,21H,2-3,5-20H2,1H3,(H2,26,27,28)/t21-/m0/s1. The highest BCUT2D eigenvalue weighted by Crippen LogP contribution is 2.35. The van der Waals surface area contributed by atoms with E-state index < -0.39 is 32.5 Å². The zero-order valence-electron chi connectivity index (χ0n) is 19.7. The van der Waals surface area contributed by atoms with Crippen LogP contribution in [0.3, 0.4) is 0 Å². The predicted molar refractivity (Wildman–Crippen MR) is 124 cm³/mol. The molecule has 9 heteroatoms. The Bertz CT molecular complexity index is 546. The van der Waals surface area contributed by atoms with E-state index in [1.807, 2.05) is 6.08 Å². The normalized spacial score (nSPS) is 12.3. The molecular formula is C23H43O8P. The van der Waals surface area contributed by atoms with E-state index in [4.69, 9.17) is 19.3 Å². The lowest BCUT2D eigenvalue weighted by Gasteiger charge is -2.18. The summed E-state index contributed by atoms with van der Waals surface area (Å²) in [6, 6.07) is 0. The molecule has 0 aromatic heterocycles. The number of hydrogen-bond acceptors (Lipinski definition) is 6. The summed E-state index contributed by atoms with van der Waals surface area (Å²) in [4.78, 5) is 41.8. The van der Waals surface area contributed by atoms with Crippen molar-refractivity contribution >= 4 is 19.8 Å². The number of hydrogen-bond donors (Lipinski definition) is 2. The van der Waals surface area contributed by atoms with Gasteiger partial charge in [-0.05, 0) is 25.7 Å². The minimum absolute atomic E-state index is 0.194. The topological polar surface area (TPSA) is 119 Å². The Morgan fingerprint density at radius 1 is 0.844 bits per heavy atom. The maximum atomic E-state index is 12.1. The number of esters is 2. The summed E-state index contributed by atoms with van der Waals surface area (Å²) < 4.78 is 25.8. The Hall–Kier alpha value is -1.21. The number of ether oxygens (including phenoxy) is 2. The van der Waals surface area contributed by atoms with Crippen molar-refractivity contribution < 1.29 is 37.9 Å². The Labute approximate surface area is 193 Å². The first-order valence-corrected chi connectivity index (χ1v) is 13.5. The van der Waals surface area contributed by atoms with Crippen molar-refractivity contribution in [3.63, 3.8) is 0 Å². The molecule has 0 rings (SSSR count). The molecule has 0 bridgehead atoms. The van der Waals surface area contributed by atoms with Gasteiger partial charge in [-0.2, -0.15) is 0 Å². The number of carbonyl (C=O) groups is 2. The molecule has 0 unspecified atom stereocenters. The largest absolute Gasteiger partial charge is 0.469 e. The number of allylic oxidation sites excluding steroid dienone is 1. The Balaban J connectivity index is 4.18. The SMILES string of the molecule is C=CCCCCCCCC(=O)O[C@@H](COC(=O)CCCCCCCCC)COP(=O)(O)O. The van der Waals surface area contributed by atoms with Crippen LogP contribution in [0.2, 0.25) is 0 Å². The van der Waals surface area contributed by atoms with E-state index in [9.17, 15) is 14.2 Å². The summed E-state index contributed by atoms with van der Waals surface area (Å²) >= 11 is 0. The number of unbranched alkanes of at least 4 members (excludes halogenated alkanes) is 11. The van der Waals surface area contributed by atoms with E-state index >= 15 is 0 Å². The molecule has 0 aromatic carbocycles.